The molecule has 3 nitrogen and oxygen atoms in total. The summed E-state index contributed by atoms with van der Waals surface area (Å²) >= 11 is 0. The van der Waals surface area contributed by atoms with E-state index < -0.39 is 0 Å². The maximum absolute atomic E-state index is 3.77. The van der Waals surface area contributed by atoms with Gasteiger partial charge in [-0.3, -0.25) is 4.90 Å². The maximum atomic E-state index is 3.77. The summed E-state index contributed by atoms with van der Waals surface area (Å²) in [5.74, 6) is 0.971. The minimum Gasteiger partial charge on any atom is -0.314 e. The van der Waals surface area contributed by atoms with Gasteiger partial charge in [0.2, 0.25) is 0 Å². The van der Waals surface area contributed by atoms with Crippen LogP contribution in [-0.2, 0) is 0 Å². The second kappa shape index (κ2) is 5.68. The van der Waals surface area contributed by atoms with Crippen molar-refractivity contribution in [2.75, 3.05) is 32.7 Å². The lowest BCUT2D eigenvalue weighted by atomic mass is 10.0. The van der Waals surface area contributed by atoms with Crippen molar-refractivity contribution in [3.05, 3.63) is 0 Å². The van der Waals surface area contributed by atoms with E-state index in [0.29, 0.717) is 5.54 Å². The van der Waals surface area contributed by atoms with E-state index in [9.17, 15) is 0 Å². The van der Waals surface area contributed by atoms with Crippen LogP contribution in [0.25, 0.3) is 0 Å². The van der Waals surface area contributed by atoms with Gasteiger partial charge in [0.1, 0.15) is 0 Å². The largest absolute Gasteiger partial charge is 0.314 e. The minimum atomic E-state index is 0.307. The molecule has 100 valence electrons. The molecule has 0 bridgehead atoms. The van der Waals surface area contributed by atoms with Crippen LogP contribution in [-0.4, -0.2) is 49.2 Å². The molecule has 0 aromatic heterocycles. The van der Waals surface area contributed by atoms with E-state index in [-0.39, 0.29) is 0 Å². The number of rotatable bonds is 6. The Morgan fingerprint density at radius 3 is 2.65 bits per heavy atom. The standard InChI is InChI=1S/C14H29N3/c1-4-5-12-10-13(12)16-11-14(2,3)17-8-6-15-7-9-17/h12-13,15-16H,4-11H2,1-3H3. The van der Waals surface area contributed by atoms with Crippen LogP contribution >= 0.6 is 0 Å². The molecule has 2 fully saturated rings. The van der Waals surface area contributed by atoms with Crippen molar-refractivity contribution >= 4 is 0 Å². The highest BCUT2D eigenvalue weighted by atomic mass is 15.3. The first-order chi connectivity index (χ1) is 8.13. The molecule has 1 heterocycles. The van der Waals surface area contributed by atoms with Crippen LogP contribution in [0.5, 0.6) is 0 Å². The molecule has 2 unspecified atom stereocenters. The summed E-state index contributed by atoms with van der Waals surface area (Å²) in [4.78, 5) is 2.62. The van der Waals surface area contributed by atoms with Crippen LogP contribution in [0.2, 0.25) is 0 Å². The van der Waals surface area contributed by atoms with Gasteiger partial charge in [-0.05, 0) is 32.6 Å². The lowest BCUT2D eigenvalue weighted by Crippen LogP contribution is -2.57. The average Bonchev–Trinajstić information content (AvgIpc) is 3.07. The van der Waals surface area contributed by atoms with Gasteiger partial charge in [-0.25, -0.2) is 0 Å². The van der Waals surface area contributed by atoms with Crippen molar-refractivity contribution in [1.29, 1.82) is 0 Å². The molecule has 2 aliphatic rings. The Balaban J connectivity index is 1.70. The predicted octanol–water partition coefficient (Wildman–Crippen LogP) is 1.45. The van der Waals surface area contributed by atoms with Gasteiger partial charge in [-0.15, -0.1) is 0 Å². The SMILES string of the molecule is CCCC1CC1NCC(C)(C)N1CCNCC1. The van der Waals surface area contributed by atoms with E-state index in [0.717, 1.165) is 31.6 Å². The van der Waals surface area contributed by atoms with Gasteiger partial charge in [0, 0.05) is 44.3 Å². The van der Waals surface area contributed by atoms with Crippen molar-refractivity contribution in [3.63, 3.8) is 0 Å². The van der Waals surface area contributed by atoms with E-state index in [1.807, 2.05) is 0 Å². The van der Waals surface area contributed by atoms with Gasteiger partial charge in [0.05, 0.1) is 0 Å². The summed E-state index contributed by atoms with van der Waals surface area (Å²) < 4.78 is 0. The van der Waals surface area contributed by atoms with E-state index in [2.05, 4.69) is 36.3 Å². The lowest BCUT2D eigenvalue weighted by molar-refractivity contribution is 0.102. The Morgan fingerprint density at radius 1 is 1.29 bits per heavy atom. The van der Waals surface area contributed by atoms with Gasteiger partial charge < -0.3 is 10.6 Å². The summed E-state index contributed by atoms with van der Waals surface area (Å²) in [5, 5.41) is 7.19. The fourth-order valence-corrected chi connectivity index (χ4v) is 2.95. The first-order valence-electron chi connectivity index (χ1n) is 7.32. The molecular weight excluding hydrogens is 210 g/mol. The third-order valence-electron chi connectivity index (χ3n) is 4.35. The molecule has 2 rings (SSSR count). The summed E-state index contributed by atoms with van der Waals surface area (Å²) in [5.41, 5.74) is 0.307. The van der Waals surface area contributed by atoms with Crippen LogP contribution in [0.15, 0.2) is 0 Å². The molecule has 1 saturated carbocycles. The highest BCUT2D eigenvalue weighted by molar-refractivity contribution is 4.96. The fourth-order valence-electron chi connectivity index (χ4n) is 2.95. The first-order valence-corrected chi connectivity index (χ1v) is 7.32. The Morgan fingerprint density at radius 2 is 2.00 bits per heavy atom. The van der Waals surface area contributed by atoms with Crippen LogP contribution < -0.4 is 10.6 Å². The first kappa shape index (κ1) is 13.3. The van der Waals surface area contributed by atoms with E-state index in [1.54, 1.807) is 0 Å². The summed E-state index contributed by atoms with van der Waals surface area (Å²) in [7, 11) is 0. The highest BCUT2D eigenvalue weighted by Gasteiger charge is 2.37. The zero-order valence-electron chi connectivity index (χ0n) is 11.8. The number of nitrogens with one attached hydrogen (secondary N) is 2. The Labute approximate surface area is 106 Å². The zero-order chi connectivity index (χ0) is 12.3. The summed E-state index contributed by atoms with van der Waals surface area (Å²) in [6.07, 6.45) is 4.15. The highest BCUT2D eigenvalue weighted by Crippen LogP contribution is 2.34. The number of nitrogens with zero attached hydrogens (tertiary/aromatic N) is 1. The van der Waals surface area contributed by atoms with Gasteiger partial charge >= 0.3 is 0 Å². The lowest BCUT2D eigenvalue weighted by Gasteiger charge is -2.41. The molecule has 1 aliphatic heterocycles. The van der Waals surface area contributed by atoms with E-state index in [4.69, 9.17) is 0 Å². The number of hydrogen-bond donors (Lipinski definition) is 2. The fraction of sp³-hybridized carbons (Fsp3) is 1.00. The van der Waals surface area contributed by atoms with E-state index >= 15 is 0 Å². The van der Waals surface area contributed by atoms with Crippen molar-refractivity contribution in [2.45, 2.75) is 51.6 Å². The molecule has 2 N–H and O–H groups in total. The third kappa shape index (κ3) is 3.67. The van der Waals surface area contributed by atoms with Crippen LogP contribution in [0.4, 0.5) is 0 Å². The molecule has 1 saturated heterocycles. The Bertz CT molecular complexity index is 234. The zero-order valence-corrected chi connectivity index (χ0v) is 11.8. The van der Waals surface area contributed by atoms with Gasteiger partial charge in [0.25, 0.3) is 0 Å². The van der Waals surface area contributed by atoms with Gasteiger partial charge in [0.15, 0.2) is 0 Å². The van der Waals surface area contributed by atoms with Crippen LogP contribution in [0.1, 0.15) is 40.0 Å². The molecule has 1 aliphatic carbocycles. The van der Waals surface area contributed by atoms with Crippen molar-refractivity contribution < 1.29 is 0 Å². The number of piperazine rings is 1. The Kier molecular flexibility index (Phi) is 4.45. The predicted molar refractivity (Wildman–Crippen MR) is 73.3 cm³/mol. The quantitative estimate of drug-likeness (QED) is 0.734. The molecule has 0 aromatic carbocycles. The number of hydrogen-bond acceptors (Lipinski definition) is 3. The molecule has 2 atom stereocenters. The van der Waals surface area contributed by atoms with Crippen LogP contribution in [0, 0.1) is 5.92 Å². The smallest absolute Gasteiger partial charge is 0.0278 e. The third-order valence-corrected chi connectivity index (χ3v) is 4.35. The second-order valence-corrected chi connectivity index (χ2v) is 6.32. The molecule has 0 radical (unpaired) electrons. The van der Waals surface area contributed by atoms with E-state index in [1.165, 1.54) is 32.4 Å². The molecular formula is C14H29N3. The van der Waals surface area contributed by atoms with Gasteiger partial charge in [-0.2, -0.15) is 0 Å². The molecule has 17 heavy (non-hydrogen) atoms. The van der Waals surface area contributed by atoms with Crippen LogP contribution in [0.3, 0.4) is 0 Å². The average molecular weight is 239 g/mol. The maximum Gasteiger partial charge on any atom is 0.0278 e. The Hall–Kier alpha value is -0.120. The molecule has 0 amide bonds. The minimum absolute atomic E-state index is 0.307. The normalized spacial score (nSPS) is 30.5. The van der Waals surface area contributed by atoms with Crippen molar-refractivity contribution in [3.8, 4) is 0 Å². The molecule has 0 spiro atoms. The van der Waals surface area contributed by atoms with Crippen molar-refractivity contribution in [2.24, 2.45) is 5.92 Å². The molecule has 0 aromatic rings. The van der Waals surface area contributed by atoms with Gasteiger partial charge in [-0.1, -0.05) is 13.3 Å². The summed E-state index contributed by atoms with van der Waals surface area (Å²) in [6, 6.07) is 0.817. The van der Waals surface area contributed by atoms with Crippen molar-refractivity contribution in [1.82, 2.24) is 15.5 Å². The molecule has 3 heteroatoms. The topological polar surface area (TPSA) is 27.3 Å². The monoisotopic (exact) mass is 239 g/mol. The second-order valence-electron chi connectivity index (χ2n) is 6.32. The summed E-state index contributed by atoms with van der Waals surface area (Å²) in [6.45, 7) is 12.9.